The van der Waals surface area contributed by atoms with Gasteiger partial charge in [-0.25, -0.2) is 4.39 Å². The number of hydrogen-bond acceptors (Lipinski definition) is 5. The molecule has 1 aliphatic rings. The van der Waals surface area contributed by atoms with Crippen molar-refractivity contribution in [1.29, 1.82) is 0 Å². The van der Waals surface area contributed by atoms with E-state index in [1.165, 1.54) is 17.8 Å². The van der Waals surface area contributed by atoms with Crippen molar-refractivity contribution in [3.05, 3.63) is 29.6 Å². The summed E-state index contributed by atoms with van der Waals surface area (Å²) in [7, 11) is 0. The maximum atomic E-state index is 13.9. The van der Waals surface area contributed by atoms with Crippen LogP contribution in [-0.4, -0.2) is 47.6 Å². The van der Waals surface area contributed by atoms with E-state index in [1.54, 1.807) is 6.07 Å². The van der Waals surface area contributed by atoms with Crippen molar-refractivity contribution >= 4 is 17.6 Å². The minimum Gasteiger partial charge on any atom is -0.394 e. The van der Waals surface area contributed by atoms with Crippen LogP contribution in [0.3, 0.4) is 0 Å². The highest BCUT2D eigenvalue weighted by Crippen LogP contribution is 2.23. The molecule has 104 valence electrons. The molecule has 1 atom stereocenters. The zero-order valence-corrected chi connectivity index (χ0v) is 11.3. The van der Waals surface area contributed by atoms with Crippen LogP contribution in [0, 0.1) is 5.82 Å². The summed E-state index contributed by atoms with van der Waals surface area (Å²) < 4.78 is 13.9. The largest absolute Gasteiger partial charge is 0.394 e. The van der Waals surface area contributed by atoms with Crippen molar-refractivity contribution in [2.45, 2.75) is 17.4 Å². The zero-order valence-electron chi connectivity index (χ0n) is 10.5. The van der Waals surface area contributed by atoms with Crippen LogP contribution >= 0.6 is 11.8 Å². The third-order valence-electron chi connectivity index (χ3n) is 2.74. The third kappa shape index (κ3) is 3.92. The molecular formula is C13H17FN2O2S. The lowest BCUT2D eigenvalue weighted by Gasteiger charge is -2.15. The van der Waals surface area contributed by atoms with Crippen LogP contribution in [0.2, 0.25) is 0 Å². The van der Waals surface area contributed by atoms with Gasteiger partial charge >= 0.3 is 0 Å². The first-order chi connectivity index (χ1) is 9.20. The van der Waals surface area contributed by atoms with Gasteiger partial charge in [0.05, 0.1) is 12.7 Å². The molecule has 0 aliphatic carbocycles. The molecule has 1 heterocycles. The second-order valence-corrected chi connectivity index (χ2v) is 5.37. The topological polar surface area (TPSA) is 64.8 Å². The van der Waals surface area contributed by atoms with E-state index in [1.807, 2.05) is 6.07 Å². The average Bonchev–Trinajstić information content (AvgIpc) is 2.46. The predicted molar refractivity (Wildman–Crippen MR) is 74.2 cm³/mol. The molecule has 0 fully saturated rings. The molecule has 0 saturated heterocycles. The van der Waals surface area contributed by atoms with E-state index in [4.69, 9.17) is 5.11 Å². The van der Waals surface area contributed by atoms with Crippen LogP contribution in [0.5, 0.6) is 0 Å². The van der Waals surface area contributed by atoms with Gasteiger partial charge < -0.3 is 15.5 Å². The van der Waals surface area contributed by atoms with Gasteiger partial charge in [-0.2, -0.15) is 0 Å². The molecule has 4 nitrogen and oxygen atoms in total. The van der Waals surface area contributed by atoms with Gasteiger partial charge in [-0.05, 0) is 24.6 Å². The quantitative estimate of drug-likeness (QED) is 0.706. The molecule has 1 aromatic carbocycles. The van der Waals surface area contributed by atoms with Crippen molar-refractivity contribution in [2.24, 2.45) is 4.99 Å². The predicted octanol–water partition coefficient (Wildman–Crippen LogP) is 1.01. The van der Waals surface area contributed by atoms with Gasteiger partial charge in [0.25, 0.3) is 0 Å². The highest BCUT2D eigenvalue weighted by molar-refractivity contribution is 7.99. The van der Waals surface area contributed by atoms with Gasteiger partial charge in [0.15, 0.2) is 0 Å². The van der Waals surface area contributed by atoms with E-state index in [9.17, 15) is 9.50 Å². The summed E-state index contributed by atoms with van der Waals surface area (Å²) in [5.74, 6) is 0.672. The molecule has 0 radical (unpaired) electrons. The van der Waals surface area contributed by atoms with Crippen LogP contribution in [-0.2, 0) is 0 Å². The van der Waals surface area contributed by atoms with Crippen LogP contribution in [0.15, 0.2) is 28.1 Å². The molecular weight excluding hydrogens is 267 g/mol. The lowest BCUT2D eigenvalue weighted by molar-refractivity contribution is 0.113. The van der Waals surface area contributed by atoms with E-state index in [0.717, 1.165) is 30.9 Å². The number of aliphatic hydroxyl groups is 2. The van der Waals surface area contributed by atoms with Gasteiger partial charge in [0.2, 0.25) is 0 Å². The lowest BCUT2D eigenvalue weighted by atomic mass is 10.2. The normalized spacial score (nSPS) is 16.7. The van der Waals surface area contributed by atoms with E-state index in [2.05, 4.69) is 10.3 Å². The number of aliphatic hydroxyl groups excluding tert-OH is 2. The van der Waals surface area contributed by atoms with Crippen LogP contribution < -0.4 is 5.32 Å². The van der Waals surface area contributed by atoms with E-state index in [-0.39, 0.29) is 18.2 Å². The van der Waals surface area contributed by atoms with E-state index >= 15 is 0 Å². The second-order valence-electron chi connectivity index (χ2n) is 4.30. The first kappa shape index (κ1) is 14.3. The number of halogens is 1. The van der Waals surface area contributed by atoms with Gasteiger partial charge in [0, 0.05) is 29.3 Å². The molecule has 1 aliphatic heterocycles. The number of rotatable bonds is 5. The number of amidine groups is 1. The first-order valence-corrected chi connectivity index (χ1v) is 7.19. The van der Waals surface area contributed by atoms with Crippen LogP contribution in [0.4, 0.5) is 4.39 Å². The van der Waals surface area contributed by atoms with Crippen molar-refractivity contribution in [3.8, 4) is 0 Å². The van der Waals surface area contributed by atoms with Crippen molar-refractivity contribution in [2.75, 3.05) is 25.4 Å². The van der Waals surface area contributed by atoms with Crippen molar-refractivity contribution in [1.82, 2.24) is 5.32 Å². The number of hydrogen-bond donors (Lipinski definition) is 3. The van der Waals surface area contributed by atoms with Crippen LogP contribution in [0.1, 0.15) is 12.0 Å². The third-order valence-corrected chi connectivity index (χ3v) is 3.94. The molecule has 0 saturated carbocycles. The molecule has 0 spiro atoms. The van der Waals surface area contributed by atoms with Gasteiger partial charge in [-0.3, -0.25) is 4.99 Å². The monoisotopic (exact) mass is 284 g/mol. The first-order valence-electron chi connectivity index (χ1n) is 6.20. The molecule has 0 aromatic heterocycles. The highest BCUT2D eigenvalue weighted by atomic mass is 32.2. The number of nitrogens with one attached hydrogen (secondary N) is 1. The molecule has 6 heteroatoms. The molecule has 0 bridgehead atoms. The zero-order chi connectivity index (χ0) is 13.7. The number of thioether (sulfide) groups is 1. The Morgan fingerprint density at radius 1 is 1.47 bits per heavy atom. The Labute approximate surface area is 115 Å². The summed E-state index contributed by atoms with van der Waals surface area (Å²) in [5.41, 5.74) is 0.740. The molecule has 3 N–H and O–H groups in total. The van der Waals surface area contributed by atoms with Crippen LogP contribution in [0.25, 0.3) is 0 Å². The van der Waals surface area contributed by atoms with Gasteiger partial charge in [0.1, 0.15) is 11.7 Å². The Morgan fingerprint density at radius 2 is 2.32 bits per heavy atom. The standard InChI is InChI=1S/C13H17FN2O2S/c14-11-6-9(13-15-4-1-5-16-13)2-3-12(11)19-8-10(18)7-17/h2-3,6,10,17-18H,1,4-5,7-8H2,(H,15,16). The average molecular weight is 284 g/mol. The minimum absolute atomic E-state index is 0.270. The Balaban J connectivity index is 2.06. The summed E-state index contributed by atoms with van der Waals surface area (Å²) in [5, 5.41) is 21.1. The molecule has 19 heavy (non-hydrogen) atoms. The fourth-order valence-corrected chi connectivity index (χ4v) is 2.57. The SMILES string of the molecule is OCC(O)CSc1ccc(C2=NCCCN2)cc1F. The summed E-state index contributed by atoms with van der Waals surface area (Å²) in [6.45, 7) is 1.32. The maximum absolute atomic E-state index is 13.9. The van der Waals surface area contributed by atoms with E-state index in [0.29, 0.717) is 4.90 Å². The fraction of sp³-hybridized carbons (Fsp3) is 0.462. The number of aliphatic imine (C=N–C) groups is 1. The Hall–Kier alpha value is -1.11. The smallest absolute Gasteiger partial charge is 0.137 e. The molecule has 1 aromatic rings. The highest BCUT2D eigenvalue weighted by Gasteiger charge is 2.11. The number of nitrogens with zero attached hydrogens (tertiary/aromatic N) is 1. The molecule has 2 rings (SSSR count). The van der Waals surface area contributed by atoms with E-state index < -0.39 is 6.10 Å². The summed E-state index contributed by atoms with van der Waals surface area (Å²) in [4.78, 5) is 4.78. The second kappa shape index (κ2) is 6.88. The van der Waals surface area contributed by atoms with Gasteiger partial charge in [-0.15, -0.1) is 11.8 Å². The molecule has 0 amide bonds. The minimum atomic E-state index is -0.825. The Kier molecular flexibility index (Phi) is 5.18. The van der Waals surface area contributed by atoms with Crippen molar-refractivity contribution < 1.29 is 14.6 Å². The van der Waals surface area contributed by atoms with Gasteiger partial charge in [-0.1, -0.05) is 0 Å². The van der Waals surface area contributed by atoms with Crippen molar-refractivity contribution in [3.63, 3.8) is 0 Å². The Bertz CT molecular complexity index is 468. The summed E-state index contributed by atoms with van der Waals surface area (Å²) in [6, 6.07) is 4.94. The summed E-state index contributed by atoms with van der Waals surface area (Å²) in [6.07, 6.45) is 0.173. The fourth-order valence-electron chi connectivity index (χ4n) is 1.73. The summed E-state index contributed by atoms with van der Waals surface area (Å²) >= 11 is 1.19. The number of benzene rings is 1. The lowest BCUT2D eigenvalue weighted by Crippen LogP contribution is -2.30. The maximum Gasteiger partial charge on any atom is 0.137 e. The molecule has 1 unspecified atom stereocenters. The Morgan fingerprint density at radius 3 is 2.95 bits per heavy atom.